The molecule has 0 bridgehead atoms. The SMILES string of the molecule is CCCNS(=O)(=O)Nc1ccc2c(c1)CCCN2C(=O)c1cccs1. The van der Waals surface area contributed by atoms with E-state index in [2.05, 4.69) is 9.44 Å². The van der Waals surface area contributed by atoms with Crippen molar-refractivity contribution in [1.82, 2.24) is 4.72 Å². The molecule has 1 amide bonds. The first kappa shape index (κ1) is 17.9. The third kappa shape index (κ3) is 4.20. The molecule has 0 saturated carbocycles. The summed E-state index contributed by atoms with van der Waals surface area (Å²) < 4.78 is 29.0. The van der Waals surface area contributed by atoms with Gasteiger partial charge in [-0.1, -0.05) is 13.0 Å². The number of nitrogens with zero attached hydrogens (tertiary/aromatic N) is 1. The fraction of sp³-hybridized carbons (Fsp3) is 0.353. The van der Waals surface area contributed by atoms with Crippen molar-refractivity contribution in [2.75, 3.05) is 22.7 Å². The lowest BCUT2D eigenvalue weighted by Crippen LogP contribution is -2.35. The summed E-state index contributed by atoms with van der Waals surface area (Å²) in [6, 6.07) is 9.02. The monoisotopic (exact) mass is 379 g/mol. The lowest BCUT2D eigenvalue weighted by Gasteiger charge is -2.29. The molecular formula is C17H21N3O3S2. The van der Waals surface area contributed by atoms with E-state index in [9.17, 15) is 13.2 Å². The minimum atomic E-state index is -3.57. The molecule has 2 heterocycles. The molecule has 1 aliphatic rings. The van der Waals surface area contributed by atoms with Crippen molar-refractivity contribution in [3.8, 4) is 0 Å². The van der Waals surface area contributed by atoms with Gasteiger partial charge in [0.15, 0.2) is 0 Å². The van der Waals surface area contributed by atoms with Crippen molar-refractivity contribution >= 4 is 38.8 Å². The van der Waals surface area contributed by atoms with Crippen molar-refractivity contribution in [2.45, 2.75) is 26.2 Å². The summed E-state index contributed by atoms with van der Waals surface area (Å²) in [5.74, 6) is -0.00565. The van der Waals surface area contributed by atoms with Crippen LogP contribution in [-0.4, -0.2) is 27.4 Å². The second-order valence-corrected chi connectivity index (χ2v) is 8.33. The van der Waals surface area contributed by atoms with E-state index in [1.165, 1.54) is 11.3 Å². The number of carbonyl (C=O) groups is 1. The first-order valence-corrected chi connectivity index (χ1v) is 10.6. The van der Waals surface area contributed by atoms with E-state index in [4.69, 9.17) is 0 Å². The van der Waals surface area contributed by atoms with Gasteiger partial charge in [0, 0.05) is 18.8 Å². The highest BCUT2D eigenvalue weighted by Gasteiger charge is 2.24. The molecule has 8 heteroatoms. The summed E-state index contributed by atoms with van der Waals surface area (Å²) in [5, 5.41) is 1.89. The number of hydrogen-bond donors (Lipinski definition) is 2. The van der Waals surface area contributed by atoms with Crippen LogP contribution in [0.25, 0.3) is 0 Å². The molecule has 2 aromatic rings. The van der Waals surface area contributed by atoms with Gasteiger partial charge in [-0.25, -0.2) is 0 Å². The van der Waals surface area contributed by atoms with Gasteiger partial charge in [-0.15, -0.1) is 11.3 Å². The molecule has 1 aliphatic heterocycles. The Hall–Kier alpha value is -1.90. The number of aryl methyl sites for hydroxylation is 1. The van der Waals surface area contributed by atoms with Crippen LogP contribution in [0.4, 0.5) is 11.4 Å². The number of hydrogen-bond acceptors (Lipinski definition) is 4. The summed E-state index contributed by atoms with van der Waals surface area (Å²) in [6.07, 6.45) is 2.40. The predicted octanol–water partition coefficient (Wildman–Crippen LogP) is 3.00. The molecule has 0 radical (unpaired) electrons. The second-order valence-electron chi connectivity index (χ2n) is 5.88. The minimum absolute atomic E-state index is 0.00565. The van der Waals surface area contributed by atoms with Crippen LogP contribution in [0.1, 0.15) is 35.0 Å². The lowest BCUT2D eigenvalue weighted by atomic mass is 10.0. The normalized spacial score (nSPS) is 14.2. The van der Waals surface area contributed by atoms with Crippen LogP contribution in [0.2, 0.25) is 0 Å². The average Bonchev–Trinajstić information content (AvgIpc) is 3.13. The Morgan fingerprint density at radius 1 is 1.32 bits per heavy atom. The average molecular weight is 380 g/mol. The summed E-state index contributed by atoms with van der Waals surface area (Å²) in [7, 11) is -3.57. The molecule has 0 spiro atoms. The van der Waals surface area contributed by atoms with Gasteiger partial charge in [-0.2, -0.15) is 13.1 Å². The van der Waals surface area contributed by atoms with E-state index in [0.29, 0.717) is 23.7 Å². The van der Waals surface area contributed by atoms with Crippen molar-refractivity contribution in [1.29, 1.82) is 0 Å². The Balaban J connectivity index is 1.82. The maximum absolute atomic E-state index is 12.7. The third-order valence-electron chi connectivity index (χ3n) is 3.97. The fourth-order valence-corrected chi connectivity index (χ4v) is 4.49. The first-order valence-electron chi connectivity index (χ1n) is 8.26. The van der Waals surface area contributed by atoms with Gasteiger partial charge >= 0.3 is 0 Å². The number of anilines is 2. The van der Waals surface area contributed by atoms with Crippen LogP contribution in [-0.2, 0) is 16.6 Å². The van der Waals surface area contributed by atoms with Gasteiger partial charge in [-0.3, -0.25) is 9.52 Å². The molecular weight excluding hydrogens is 358 g/mol. The number of nitrogens with one attached hydrogen (secondary N) is 2. The summed E-state index contributed by atoms with van der Waals surface area (Å²) in [6.45, 7) is 2.97. The van der Waals surface area contributed by atoms with E-state index in [1.807, 2.05) is 36.6 Å². The van der Waals surface area contributed by atoms with E-state index < -0.39 is 10.2 Å². The van der Waals surface area contributed by atoms with Gasteiger partial charge in [0.2, 0.25) is 0 Å². The number of carbonyl (C=O) groups excluding carboxylic acids is 1. The zero-order valence-electron chi connectivity index (χ0n) is 14.0. The number of benzene rings is 1. The van der Waals surface area contributed by atoms with Crippen LogP contribution in [0.3, 0.4) is 0 Å². The molecule has 0 unspecified atom stereocenters. The molecule has 0 saturated heterocycles. The van der Waals surface area contributed by atoms with Crippen molar-refractivity contribution < 1.29 is 13.2 Å². The molecule has 25 heavy (non-hydrogen) atoms. The first-order chi connectivity index (χ1) is 12.0. The zero-order valence-corrected chi connectivity index (χ0v) is 15.6. The van der Waals surface area contributed by atoms with Crippen molar-refractivity contribution in [3.63, 3.8) is 0 Å². The van der Waals surface area contributed by atoms with E-state index in [-0.39, 0.29) is 5.91 Å². The summed E-state index contributed by atoms with van der Waals surface area (Å²) >= 11 is 1.43. The van der Waals surface area contributed by atoms with Gasteiger partial charge in [-0.05, 0) is 54.5 Å². The maximum Gasteiger partial charge on any atom is 0.299 e. The van der Waals surface area contributed by atoms with Crippen LogP contribution in [0, 0.1) is 0 Å². The standard InChI is InChI=1S/C17H21N3O3S2/c1-2-9-18-25(22,23)19-14-7-8-15-13(12-14)5-3-10-20(15)17(21)16-6-4-11-24-16/h4,6-8,11-12,18-19H,2-3,5,9-10H2,1H3. The Morgan fingerprint density at radius 3 is 2.88 bits per heavy atom. The van der Waals surface area contributed by atoms with Gasteiger partial charge in [0.1, 0.15) is 0 Å². The molecule has 1 aromatic heterocycles. The van der Waals surface area contributed by atoms with Crippen molar-refractivity contribution in [3.05, 3.63) is 46.2 Å². The number of thiophene rings is 1. The summed E-state index contributed by atoms with van der Waals surface area (Å²) in [4.78, 5) is 15.2. The number of fused-ring (bicyclic) bond motifs is 1. The van der Waals surface area contributed by atoms with E-state index >= 15 is 0 Å². The van der Waals surface area contributed by atoms with E-state index in [0.717, 1.165) is 30.5 Å². The van der Waals surface area contributed by atoms with Crippen LogP contribution < -0.4 is 14.3 Å². The Bertz CT molecular complexity index is 848. The minimum Gasteiger partial charge on any atom is -0.307 e. The Kier molecular flexibility index (Phi) is 5.41. The highest BCUT2D eigenvalue weighted by molar-refractivity contribution is 7.90. The molecule has 6 nitrogen and oxygen atoms in total. The smallest absolute Gasteiger partial charge is 0.299 e. The van der Waals surface area contributed by atoms with Gasteiger partial charge in [0.05, 0.1) is 10.6 Å². The van der Waals surface area contributed by atoms with Crippen LogP contribution in [0.5, 0.6) is 0 Å². The van der Waals surface area contributed by atoms with Crippen molar-refractivity contribution in [2.24, 2.45) is 0 Å². The Labute approximate surface area is 152 Å². The van der Waals surface area contributed by atoms with Crippen LogP contribution in [0.15, 0.2) is 35.7 Å². The number of amides is 1. The third-order valence-corrected chi connectivity index (χ3v) is 5.92. The molecule has 0 aliphatic carbocycles. The highest BCUT2D eigenvalue weighted by atomic mass is 32.2. The maximum atomic E-state index is 12.7. The van der Waals surface area contributed by atoms with Crippen LogP contribution >= 0.6 is 11.3 Å². The molecule has 2 N–H and O–H groups in total. The quantitative estimate of drug-likeness (QED) is 0.810. The number of rotatable bonds is 6. The molecule has 134 valence electrons. The molecule has 3 rings (SSSR count). The topological polar surface area (TPSA) is 78.5 Å². The van der Waals surface area contributed by atoms with E-state index in [1.54, 1.807) is 11.0 Å². The largest absolute Gasteiger partial charge is 0.307 e. The van der Waals surface area contributed by atoms with Gasteiger partial charge < -0.3 is 4.90 Å². The zero-order chi connectivity index (χ0) is 17.9. The highest BCUT2D eigenvalue weighted by Crippen LogP contribution is 2.31. The Morgan fingerprint density at radius 2 is 2.16 bits per heavy atom. The fourth-order valence-electron chi connectivity index (χ4n) is 2.83. The molecule has 0 atom stereocenters. The van der Waals surface area contributed by atoms with Gasteiger partial charge in [0.25, 0.3) is 16.1 Å². The summed E-state index contributed by atoms with van der Waals surface area (Å²) in [5.41, 5.74) is 2.34. The second kappa shape index (κ2) is 7.55. The predicted molar refractivity (Wildman–Crippen MR) is 102 cm³/mol. The lowest BCUT2D eigenvalue weighted by molar-refractivity contribution is 0.0989. The molecule has 1 aromatic carbocycles. The molecule has 0 fully saturated rings.